The lowest BCUT2D eigenvalue weighted by Crippen LogP contribution is -2.18. The van der Waals surface area contributed by atoms with Gasteiger partial charge in [-0.1, -0.05) is 11.6 Å². The Balaban J connectivity index is 3.06. The highest BCUT2D eigenvalue weighted by Gasteiger charge is 2.21. The maximum absolute atomic E-state index is 11.7. The van der Waals surface area contributed by atoms with E-state index in [1.807, 2.05) is 6.92 Å². The number of ether oxygens (including phenoxy) is 2. The quantitative estimate of drug-likeness (QED) is 0.442. The third-order valence-corrected chi connectivity index (χ3v) is 2.06. The zero-order valence-electron chi connectivity index (χ0n) is 9.57. The minimum absolute atomic E-state index is 0.179. The number of carbonyl (C=O) groups excluding carboxylic acids is 2. The lowest BCUT2D eigenvalue weighted by Gasteiger charge is -2.07. The molecule has 0 heterocycles. The number of aryl methyl sites for hydroxylation is 1. The lowest BCUT2D eigenvalue weighted by molar-refractivity contribution is -0.137. The maximum Gasteiger partial charge on any atom is 0.379 e. The summed E-state index contributed by atoms with van der Waals surface area (Å²) in [5.74, 6) is -1.16. The summed E-state index contributed by atoms with van der Waals surface area (Å²) in [6, 6.07) is 5.07. The zero-order valence-corrected chi connectivity index (χ0v) is 9.57. The van der Waals surface area contributed by atoms with Crippen molar-refractivity contribution >= 4 is 11.8 Å². The minimum atomic E-state index is -0.855. The Morgan fingerprint density at radius 1 is 1.31 bits per heavy atom. The van der Waals surface area contributed by atoms with Gasteiger partial charge in [0, 0.05) is 0 Å². The molecule has 16 heavy (non-hydrogen) atoms. The number of Topliss-reactive ketones (excluding diaryl/α,β-unsaturated/α-hetero) is 1. The van der Waals surface area contributed by atoms with Crippen LogP contribution in [0.2, 0.25) is 0 Å². The second-order valence-corrected chi connectivity index (χ2v) is 3.25. The Hall–Kier alpha value is -1.84. The van der Waals surface area contributed by atoms with Crippen molar-refractivity contribution in [3.63, 3.8) is 0 Å². The van der Waals surface area contributed by atoms with Crippen LogP contribution in [0.15, 0.2) is 18.2 Å². The average molecular weight is 222 g/mol. The molecule has 0 aromatic heterocycles. The molecule has 0 unspecified atom stereocenters. The van der Waals surface area contributed by atoms with Gasteiger partial charge in [-0.2, -0.15) is 0 Å². The van der Waals surface area contributed by atoms with Crippen molar-refractivity contribution in [3.8, 4) is 5.75 Å². The Labute approximate surface area is 94.2 Å². The van der Waals surface area contributed by atoms with E-state index in [2.05, 4.69) is 4.74 Å². The summed E-state index contributed by atoms with van der Waals surface area (Å²) in [7, 11) is 1.45. The smallest absolute Gasteiger partial charge is 0.379 e. The van der Waals surface area contributed by atoms with Crippen LogP contribution in [0, 0.1) is 6.92 Å². The number of hydrogen-bond donors (Lipinski definition) is 0. The summed E-state index contributed by atoms with van der Waals surface area (Å²) in [6.07, 6.45) is 0. The van der Waals surface area contributed by atoms with Crippen molar-refractivity contribution in [3.05, 3.63) is 29.3 Å². The molecule has 0 spiro atoms. The molecule has 0 aliphatic heterocycles. The van der Waals surface area contributed by atoms with E-state index in [0.717, 1.165) is 5.56 Å². The molecule has 86 valence electrons. The first-order valence-corrected chi connectivity index (χ1v) is 4.96. The van der Waals surface area contributed by atoms with Gasteiger partial charge < -0.3 is 9.47 Å². The molecule has 0 bridgehead atoms. The van der Waals surface area contributed by atoms with Crippen LogP contribution in [-0.4, -0.2) is 25.5 Å². The Kier molecular flexibility index (Phi) is 4.05. The Morgan fingerprint density at radius 2 is 2.00 bits per heavy atom. The van der Waals surface area contributed by atoms with Crippen LogP contribution in [0.1, 0.15) is 22.8 Å². The second kappa shape index (κ2) is 5.30. The molecule has 0 fully saturated rings. The molecular weight excluding hydrogens is 208 g/mol. The number of esters is 1. The van der Waals surface area contributed by atoms with Crippen LogP contribution in [-0.2, 0) is 9.53 Å². The molecule has 0 N–H and O–H groups in total. The standard InChI is InChI=1S/C12H14O4/c1-4-16-12(14)11(13)9-7-8(2)5-6-10(9)15-3/h5-7H,4H2,1-3H3. The van der Waals surface area contributed by atoms with Crippen molar-refractivity contribution in [1.29, 1.82) is 0 Å². The van der Waals surface area contributed by atoms with Gasteiger partial charge in [-0.3, -0.25) is 4.79 Å². The predicted octanol–water partition coefficient (Wildman–Crippen LogP) is 1.75. The van der Waals surface area contributed by atoms with Gasteiger partial charge in [0.05, 0.1) is 19.3 Å². The van der Waals surface area contributed by atoms with E-state index >= 15 is 0 Å². The van der Waals surface area contributed by atoms with Crippen molar-refractivity contribution < 1.29 is 19.1 Å². The van der Waals surface area contributed by atoms with E-state index in [-0.39, 0.29) is 12.2 Å². The van der Waals surface area contributed by atoms with Crippen LogP contribution >= 0.6 is 0 Å². The van der Waals surface area contributed by atoms with Gasteiger partial charge >= 0.3 is 5.97 Å². The van der Waals surface area contributed by atoms with E-state index in [0.29, 0.717) is 5.75 Å². The van der Waals surface area contributed by atoms with Crippen LogP contribution < -0.4 is 4.74 Å². The number of hydrogen-bond acceptors (Lipinski definition) is 4. The van der Waals surface area contributed by atoms with Gasteiger partial charge in [0.25, 0.3) is 5.78 Å². The first-order chi connectivity index (χ1) is 7.60. The SMILES string of the molecule is CCOC(=O)C(=O)c1cc(C)ccc1OC. The number of carbonyl (C=O) groups is 2. The molecule has 0 radical (unpaired) electrons. The Bertz CT molecular complexity index is 409. The zero-order chi connectivity index (χ0) is 12.1. The van der Waals surface area contributed by atoms with Crippen molar-refractivity contribution in [2.24, 2.45) is 0 Å². The van der Waals surface area contributed by atoms with E-state index in [9.17, 15) is 9.59 Å². The molecule has 0 saturated carbocycles. The first kappa shape index (κ1) is 12.2. The molecule has 0 saturated heterocycles. The van der Waals surface area contributed by atoms with Crippen molar-refractivity contribution in [1.82, 2.24) is 0 Å². The van der Waals surface area contributed by atoms with Crippen LogP contribution in [0.25, 0.3) is 0 Å². The Morgan fingerprint density at radius 3 is 2.56 bits per heavy atom. The normalized spacial score (nSPS) is 9.69. The maximum atomic E-state index is 11.7. The second-order valence-electron chi connectivity index (χ2n) is 3.25. The molecule has 0 aliphatic rings. The highest BCUT2D eigenvalue weighted by atomic mass is 16.5. The minimum Gasteiger partial charge on any atom is -0.496 e. The fourth-order valence-corrected chi connectivity index (χ4v) is 1.31. The molecule has 0 atom stereocenters. The molecule has 1 aromatic rings. The van der Waals surface area contributed by atoms with E-state index in [4.69, 9.17) is 4.74 Å². The lowest BCUT2D eigenvalue weighted by atomic mass is 10.1. The van der Waals surface area contributed by atoms with Crippen LogP contribution in [0.4, 0.5) is 0 Å². The topological polar surface area (TPSA) is 52.6 Å². The van der Waals surface area contributed by atoms with Gasteiger partial charge in [0.1, 0.15) is 5.75 Å². The summed E-state index contributed by atoms with van der Waals surface area (Å²) in [5.41, 5.74) is 1.12. The molecule has 0 aliphatic carbocycles. The van der Waals surface area contributed by atoms with E-state index in [1.54, 1.807) is 25.1 Å². The van der Waals surface area contributed by atoms with Gasteiger partial charge in [-0.05, 0) is 26.0 Å². The van der Waals surface area contributed by atoms with E-state index in [1.165, 1.54) is 7.11 Å². The van der Waals surface area contributed by atoms with Gasteiger partial charge in [-0.25, -0.2) is 4.79 Å². The number of methoxy groups -OCH3 is 1. The summed E-state index contributed by atoms with van der Waals surface area (Å²) in [5, 5.41) is 0. The molecular formula is C12H14O4. The van der Waals surface area contributed by atoms with Crippen molar-refractivity contribution in [2.75, 3.05) is 13.7 Å². The molecule has 4 heteroatoms. The van der Waals surface area contributed by atoms with Crippen LogP contribution in [0.3, 0.4) is 0 Å². The van der Waals surface area contributed by atoms with E-state index < -0.39 is 11.8 Å². The predicted molar refractivity (Wildman–Crippen MR) is 58.7 cm³/mol. The third kappa shape index (κ3) is 2.59. The fourth-order valence-electron chi connectivity index (χ4n) is 1.31. The molecule has 1 aromatic carbocycles. The summed E-state index contributed by atoms with van der Waals surface area (Å²) < 4.78 is 9.67. The average Bonchev–Trinajstić information content (AvgIpc) is 2.28. The monoisotopic (exact) mass is 222 g/mol. The molecule has 1 rings (SSSR count). The van der Waals surface area contributed by atoms with Gasteiger partial charge in [0.2, 0.25) is 0 Å². The number of ketones is 1. The first-order valence-electron chi connectivity index (χ1n) is 4.96. The highest BCUT2D eigenvalue weighted by Crippen LogP contribution is 2.20. The van der Waals surface area contributed by atoms with Crippen molar-refractivity contribution in [2.45, 2.75) is 13.8 Å². The number of benzene rings is 1. The number of rotatable bonds is 4. The van der Waals surface area contributed by atoms with Gasteiger partial charge in [-0.15, -0.1) is 0 Å². The third-order valence-electron chi connectivity index (χ3n) is 2.06. The van der Waals surface area contributed by atoms with Gasteiger partial charge in [0.15, 0.2) is 0 Å². The van der Waals surface area contributed by atoms with Crippen LogP contribution in [0.5, 0.6) is 5.75 Å². The summed E-state index contributed by atoms with van der Waals surface area (Å²) in [6.45, 7) is 3.67. The highest BCUT2D eigenvalue weighted by molar-refractivity contribution is 6.41. The summed E-state index contributed by atoms with van der Waals surface area (Å²) >= 11 is 0. The summed E-state index contributed by atoms with van der Waals surface area (Å²) in [4.78, 5) is 23.0. The fraction of sp³-hybridized carbons (Fsp3) is 0.333. The molecule has 0 amide bonds. The molecule has 4 nitrogen and oxygen atoms in total. The largest absolute Gasteiger partial charge is 0.496 e.